The largest absolute Gasteiger partial charge is 0.416 e. The molecule has 1 aliphatic rings. The predicted octanol–water partition coefficient (Wildman–Crippen LogP) is 3.45. The Labute approximate surface area is 120 Å². The van der Waals surface area contributed by atoms with Gasteiger partial charge >= 0.3 is 6.18 Å². The summed E-state index contributed by atoms with van der Waals surface area (Å²) in [4.78, 5) is 0. The average Bonchev–Trinajstić information content (AvgIpc) is 3.19. The van der Waals surface area contributed by atoms with Gasteiger partial charge in [0, 0.05) is 23.8 Å². The molecule has 0 amide bonds. The van der Waals surface area contributed by atoms with E-state index in [2.05, 4.69) is 10.4 Å². The fraction of sp³-hybridized carbons (Fsp3) is 0.400. The number of hydrogen-bond donors (Lipinski definition) is 1. The summed E-state index contributed by atoms with van der Waals surface area (Å²) in [6, 6.07) is 5.66. The minimum Gasteiger partial charge on any atom is -0.310 e. The normalized spacial score (nSPS) is 15.4. The van der Waals surface area contributed by atoms with Crippen LogP contribution >= 0.6 is 0 Å². The van der Waals surface area contributed by atoms with Gasteiger partial charge in [0.25, 0.3) is 0 Å². The molecule has 0 radical (unpaired) electrons. The fourth-order valence-electron chi connectivity index (χ4n) is 2.21. The molecule has 0 saturated heterocycles. The van der Waals surface area contributed by atoms with E-state index >= 15 is 0 Å². The molecule has 6 heteroatoms. The van der Waals surface area contributed by atoms with Crippen molar-refractivity contribution in [1.82, 2.24) is 15.1 Å². The van der Waals surface area contributed by atoms with E-state index in [1.807, 2.05) is 6.92 Å². The molecule has 112 valence electrons. The van der Waals surface area contributed by atoms with Crippen LogP contribution in [-0.2, 0) is 12.7 Å². The summed E-state index contributed by atoms with van der Waals surface area (Å²) in [7, 11) is 0. The fourth-order valence-corrected chi connectivity index (χ4v) is 2.21. The summed E-state index contributed by atoms with van der Waals surface area (Å²) in [5.41, 5.74) is 2.01. The topological polar surface area (TPSA) is 29.9 Å². The quantitative estimate of drug-likeness (QED) is 0.936. The van der Waals surface area contributed by atoms with Crippen LogP contribution in [0.15, 0.2) is 30.5 Å². The van der Waals surface area contributed by atoms with Gasteiger partial charge in [0.15, 0.2) is 0 Å². The zero-order valence-electron chi connectivity index (χ0n) is 11.6. The first-order chi connectivity index (χ1) is 9.95. The van der Waals surface area contributed by atoms with E-state index in [1.54, 1.807) is 10.9 Å². The van der Waals surface area contributed by atoms with Crippen LogP contribution < -0.4 is 5.32 Å². The number of alkyl halides is 3. The Kier molecular flexibility index (Phi) is 3.49. The molecule has 2 aromatic rings. The standard InChI is InChI=1S/C15H16F3N3/c1-10-11(8-19-13-4-5-13)9-20-21(10)14-6-2-12(3-7-14)15(16,17)18/h2-3,6-7,9,13,19H,4-5,8H2,1H3. The van der Waals surface area contributed by atoms with Gasteiger partial charge in [-0.25, -0.2) is 4.68 Å². The molecule has 1 fully saturated rings. The van der Waals surface area contributed by atoms with Gasteiger partial charge in [-0.3, -0.25) is 0 Å². The van der Waals surface area contributed by atoms with E-state index in [1.165, 1.54) is 25.0 Å². The number of hydrogen-bond acceptors (Lipinski definition) is 2. The lowest BCUT2D eigenvalue weighted by molar-refractivity contribution is -0.137. The van der Waals surface area contributed by atoms with Crippen molar-refractivity contribution in [2.75, 3.05) is 0 Å². The molecular weight excluding hydrogens is 279 g/mol. The Morgan fingerprint density at radius 3 is 2.48 bits per heavy atom. The maximum atomic E-state index is 12.6. The molecule has 1 aliphatic carbocycles. The van der Waals surface area contributed by atoms with E-state index in [4.69, 9.17) is 0 Å². The Morgan fingerprint density at radius 2 is 1.90 bits per heavy atom. The minimum absolute atomic E-state index is 0.610. The van der Waals surface area contributed by atoms with E-state index in [-0.39, 0.29) is 0 Å². The smallest absolute Gasteiger partial charge is 0.310 e. The minimum atomic E-state index is -4.31. The summed E-state index contributed by atoms with van der Waals surface area (Å²) in [6.45, 7) is 2.67. The molecule has 0 bridgehead atoms. The highest BCUT2D eigenvalue weighted by molar-refractivity contribution is 5.37. The van der Waals surface area contributed by atoms with Crippen LogP contribution in [0.1, 0.15) is 29.7 Å². The second-order valence-electron chi connectivity index (χ2n) is 5.37. The first-order valence-electron chi connectivity index (χ1n) is 6.89. The van der Waals surface area contributed by atoms with Gasteiger partial charge in [0.2, 0.25) is 0 Å². The lowest BCUT2D eigenvalue weighted by Crippen LogP contribution is -2.15. The highest BCUT2D eigenvalue weighted by Crippen LogP contribution is 2.29. The van der Waals surface area contributed by atoms with Crippen molar-refractivity contribution in [2.45, 2.75) is 38.5 Å². The van der Waals surface area contributed by atoms with E-state index in [0.717, 1.165) is 29.9 Å². The number of nitrogens with zero attached hydrogens (tertiary/aromatic N) is 2. The number of halogens is 3. The van der Waals surface area contributed by atoms with Crippen LogP contribution in [0.2, 0.25) is 0 Å². The third-order valence-electron chi connectivity index (χ3n) is 3.71. The van der Waals surface area contributed by atoms with Gasteiger partial charge < -0.3 is 5.32 Å². The maximum absolute atomic E-state index is 12.6. The van der Waals surface area contributed by atoms with Crippen molar-refractivity contribution in [3.63, 3.8) is 0 Å². The monoisotopic (exact) mass is 295 g/mol. The molecule has 21 heavy (non-hydrogen) atoms. The number of benzene rings is 1. The van der Waals surface area contributed by atoms with Crippen LogP contribution in [0.3, 0.4) is 0 Å². The van der Waals surface area contributed by atoms with Gasteiger partial charge in [-0.05, 0) is 44.0 Å². The Morgan fingerprint density at radius 1 is 1.24 bits per heavy atom. The average molecular weight is 295 g/mol. The van der Waals surface area contributed by atoms with Crippen molar-refractivity contribution in [2.24, 2.45) is 0 Å². The van der Waals surface area contributed by atoms with Gasteiger partial charge in [-0.15, -0.1) is 0 Å². The second kappa shape index (κ2) is 5.18. The Hall–Kier alpha value is -1.82. The van der Waals surface area contributed by atoms with Crippen molar-refractivity contribution in [3.05, 3.63) is 47.3 Å². The number of nitrogens with one attached hydrogen (secondary N) is 1. The second-order valence-corrected chi connectivity index (χ2v) is 5.37. The van der Waals surface area contributed by atoms with Crippen LogP contribution in [0, 0.1) is 6.92 Å². The lowest BCUT2D eigenvalue weighted by Gasteiger charge is -2.09. The summed E-state index contributed by atoms with van der Waals surface area (Å²) in [6.07, 6.45) is -0.113. The first-order valence-corrected chi connectivity index (χ1v) is 6.89. The predicted molar refractivity (Wildman–Crippen MR) is 73.2 cm³/mol. The third-order valence-corrected chi connectivity index (χ3v) is 3.71. The molecule has 1 aromatic heterocycles. The summed E-state index contributed by atoms with van der Waals surface area (Å²) < 4.78 is 39.3. The molecule has 3 rings (SSSR count). The maximum Gasteiger partial charge on any atom is 0.416 e. The highest BCUT2D eigenvalue weighted by Gasteiger charge is 2.30. The molecule has 3 nitrogen and oxygen atoms in total. The molecule has 0 atom stereocenters. The number of aromatic nitrogens is 2. The van der Waals surface area contributed by atoms with Crippen LogP contribution in [-0.4, -0.2) is 15.8 Å². The van der Waals surface area contributed by atoms with E-state index in [0.29, 0.717) is 11.7 Å². The highest BCUT2D eigenvalue weighted by atomic mass is 19.4. The summed E-state index contributed by atoms with van der Waals surface area (Å²) >= 11 is 0. The van der Waals surface area contributed by atoms with Gasteiger partial charge in [-0.2, -0.15) is 18.3 Å². The van der Waals surface area contributed by atoms with Crippen LogP contribution in [0.4, 0.5) is 13.2 Å². The summed E-state index contributed by atoms with van der Waals surface area (Å²) in [5, 5.41) is 7.68. The van der Waals surface area contributed by atoms with Crippen LogP contribution in [0.25, 0.3) is 5.69 Å². The van der Waals surface area contributed by atoms with Crippen molar-refractivity contribution in [3.8, 4) is 5.69 Å². The van der Waals surface area contributed by atoms with Crippen molar-refractivity contribution >= 4 is 0 Å². The zero-order chi connectivity index (χ0) is 15.0. The molecule has 1 saturated carbocycles. The molecule has 1 N–H and O–H groups in total. The van der Waals surface area contributed by atoms with E-state index in [9.17, 15) is 13.2 Å². The van der Waals surface area contributed by atoms with Gasteiger partial charge in [0.05, 0.1) is 17.4 Å². The Balaban J connectivity index is 1.79. The molecule has 0 aliphatic heterocycles. The summed E-state index contributed by atoms with van der Waals surface area (Å²) in [5.74, 6) is 0. The van der Waals surface area contributed by atoms with Crippen molar-refractivity contribution < 1.29 is 13.2 Å². The van der Waals surface area contributed by atoms with E-state index < -0.39 is 11.7 Å². The third kappa shape index (κ3) is 3.10. The molecular formula is C15H16F3N3. The lowest BCUT2D eigenvalue weighted by atomic mass is 10.2. The van der Waals surface area contributed by atoms with Crippen LogP contribution in [0.5, 0.6) is 0 Å². The molecule has 0 spiro atoms. The van der Waals surface area contributed by atoms with Crippen molar-refractivity contribution in [1.29, 1.82) is 0 Å². The first kappa shape index (κ1) is 14.1. The van der Waals surface area contributed by atoms with Gasteiger partial charge in [-0.1, -0.05) is 0 Å². The SMILES string of the molecule is Cc1c(CNC2CC2)cnn1-c1ccc(C(F)(F)F)cc1. The van der Waals surface area contributed by atoms with Gasteiger partial charge in [0.1, 0.15) is 0 Å². The Bertz CT molecular complexity index is 625. The molecule has 0 unspecified atom stereocenters. The zero-order valence-corrected chi connectivity index (χ0v) is 11.6. The number of rotatable bonds is 4. The molecule has 1 aromatic carbocycles. The molecule has 1 heterocycles.